The summed E-state index contributed by atoms with van der Waals surface area (Å²) in [5, 5.41) is 3.67. The number of benzene rings is 1. The highest BCUT2D eigenvalue weighted by atomic mass is 16.5. The molecule has 0 aromatic heterocycles. The van der Waals surface area contributed by atoms with Crippen LogP contribution in [-0.2, 0) is 4.74 Å². The molecule has 0 amide bonds. The quantitative estimate of drug-likeness (QED) is 0.865. The molecule has 1 unspecified atom stereocenters. The van der Waals surface area contributed by atoms with Gasteiger partial charge in [-0.25, -0.2) is 0 Å². The first-order valence-corrected chi connectivity index (χ1v) is 6.62. The lowest BCUT2D eigenvalue weighted by Gasteiger charge is -2.40. The molecule has 1 atom stereocenters. The van der Waals surface area contributed by atoms with E-state index < -0.39 is 0 Å². The Morgan fingerprint density at radius 2 is 2.12 bits per heavy atom. The van der Waals surface area contributed by atoms with Gasteiger partial charge >= 0.3 is 0 Å². The molecule has 1 aromatic rings. The molecule has 0 bridgehead atoms. The van der Waals surface area contributed by atoms with Gasteiger partial charge < -0.3 is 10.1 Å². The smallest absolute Gasteiger partial charge is 0.0950 e. The van der Waals surface area contributed by atoms with E-state index in [1.54, 1.807) is 0 Å². The summed E-state index contributed by atoms with van der Waals surface area (Å²) in [6.07, 6.45) is 2.47. The van der Waals surface area contributed by atoms with Gasteiger partial charge in [-0.2, -0.15) is 0 Å². The largest absolute Gasteiger partial charge is 0.370 e. The van der Waals surface area contributed by atoms with E-state index in [1.165, 1.54) is 11.1 Å². The fourth-order valence-corrected chi connectivity index (χ4v) is 2.47. The SMILES string of the molecule is CCC1(CC)COC(c2cccc(C)c2)CN1. The average Bonchev–Trinajstić information content (AvgIpc) is 2.39. The van der Waals surface area contributed by atoms with Crippen LogP contribution < -0.4 is 5.32 Å². The van der Waals surface area contributed by atoms with E-state index in [4.69, 9.17) is 4.74 Å². The van der Waals surface area contributed by atoms with Crippen LogP contribution in [-0.4, -0.2) is 18.7 Å². The molecule has 94 valence electrons. The number of hydrogen-bond acceptors (Lipinski definition) is 2. The minimum atomic E-state index is 0.195. The molecule has 0 saturated carbocycles. The van der Waals surface area contributed by atoms with Crippen molar-refractivity contribution in [1.82, 2.24) is 5.32 Å². The van der Waals surface area contributed by atoms with Crippen LogP contribution in [0.1, 0.15) is 43.9 Å². The van der Waals surface area contributed by atoms with Crippen molar-refractivity contribution >= 4 is 0 Å². The van der Waals surface area contributed by atoms with Crippen molar-refractivity contribution in [2.24, 2.45) is 0 Å². The molecule has 2 rings (SSSR count). The summed E-state index contributed by atoms with van der Waals surface area (Å²) in [6, 6.07) is 8.61. The molecular formula is C15H23NO. The van der Waals surface area contributed by atoms with Gasteiger partial charge in [0, 0.05) is 12.1 Å². The van der Waals surface area contributed by atoms with Crippen LogP contribution in [0.4, 0.5) is 0 Å². The zero-order valence-electron chi connectivity index (χ0n) is 11.1. The first-order valence-electron chi connectivity index (χ1n) is 6.62. The Morgan fingerprint density at radius 3 is 2.65 bits per heavy atom. The zero-order chi connectivity index (χ0) is 12.3. The normalized spacial score (nSPS) is 23.6. The molecule has 1 aliphatic heterocycles. The lowest BCUT2D eigenvalue weighted by molar-refractivity contribution is -0.0374. The average molecular weight is 233 g/mol. The summed E-state index contributed by atoms with van der Waals surface area (Å²) < 4.78 is 6.05. The summed E-state index contributed by atoms with van der Waals surface area (Å²) in [7, 11) is 0. The molecule has 1 fully saturated rings. The Labute approximate surface area is 104 Å². The number of rotatable bonds is 3. The third-order valence-electron chi connectivity index (χ3n) is 3.99. The van der Waals surface area contributed by atoms with E-state index in [2.05, 4.69) is 50.4 Å². The van der Waals surface area contributed by atoms with Crippen molar-refractivity contribution < 1.29 is 4.74 Å². The third kappa shape index (κ3) is 2.70. The number of morpholine rings is 1. The van der Waals surface area contributed by atoms with E-state index in [9.17, 15) is 0 Å². The monoisotopic (exact) mass is 233 g/mol. The fourth-order valence-electron chi connectivity index (χ4n) is 2.47. The Bertz CT molecular complexity index is 361. The topological polar surface area (TPSA) is 21.3 Å². The zero-order valence-corrected chi connectivity index (χ0v) is 11.1. The predicted octanol–water partition coefficient (Wildman–Crippen LogP) is 3.21. The molecule has 1 aromatic carbocycles. The second-order valence-corrected chi connectivity index (χ2v) is 5.08. The maximum Gasteiger partial charge on any atom is 0.0950 e. The van der Waals surface area contributed by atoms with E-state index in [0.717, 1.165) is 26.0 Å². The molecule has 0 spiro atoms. The van der Waals surface area contributed by atoms with Gasteiger partial charge in [0.1, 0.15) is 0 Å². The van der Waals surface area contributed by atoms with Crippen molar-refractivity contribution in [1.29, 1.82) is 0 Å². The summed E-state index contributed by atoms with van der Waals surface area (Å²) in [5.74, 6) is 0. The predicted molar refractivity (Wildman–Crippen MR) is 71.2 cm³/mol. The number of nitrogens with one attached hydrogen (secondary N) is 1. The van der Waals surface area contributed by atoms with Gasteiger partial charge in [0.25, 0.3) is 0 Å². The Kier molecular flexibility index (Phi) is 3.85. The molecule has 17 heavy (non-hydrogen) atoms. The lowest BCUT2D eigenvalue weighted by atomic mass is 9.91. The fraction of sp³-hybridized carbons (Fsp3) is 0.600. The van der Waals surface area contributed by atoms with Gasteiger partial charge in [0.05, 0.1) is 12.7 Å². The van der Waals surface area contributed by atoms with Crippen LogP contribution in [0.25, 0.3) is 0 Å². The minimum Gasteiger partial charge on any atom is -0.370 e. The van der Waals surface area contributed by atoms with Gasteiger partial charge in [-0.15, -0.1) is 0 Å². The van der Waals surface area contributed by atoms with Crippen LogP contribution in [0.3, 0.4) is 0 Å². The maximum atomic E-state index is 6.05. The van der Waals surface area contributed by atoms with Gasteiger partial charge in [0.15, 0.2) is 0 Å². The molecule has 1 heterocycles. The molecular weight excluding hydrogens is 210 g/mol. The second kappa shape index (κ2) is 5.19. The van der Waals surface area contributed by atoms with Crippen LogP contribution in [0, 0.1) is 6.92 Å². The molecule has 1 aliphatic rings. The highest BCUT2D eigenvalue weighted by Gasteiger charge is 2.32. The van der Waals surface area contributed by atoms with E-state index in [1.807, 2.05) is 0 Å². The Morgan fingerprint density at radius 1 is 1.35 bits per heavy atom. The van der Waals surface area contributed by atoms with Gasteiger partial charge in [-0.3, -0.25) is 0 Å². The maximum absolute atomic E-state index is 6.05. The van der Waals surface area contributed by atoms with E-state index >= 15 is 0 Å². The number of ether oxygens (including phenoxy) is 1. The Balaban J connectivity index is 2.04. The van der Waals surface area contributed by atoms with Gasteiger partial charge in [-0.05, 0) is 25.3 Å². The summed E-state index contributed by atoms with van der Waals surface area (Å²) in [6.45, 7) is 8.32. The van der Waals surface area contributed by atoms with Crippen molar-refractivity contribution in [2.45, 2.75) is 45.3 Å². The number of aryl methyl sites for hydroxylation is 1. The van der Waals surface area contributed by atoms with Gasteiger partial charge in [0.2, 0.25) is 0 Å². The summed E-state index contributed by atoms with van der Waals surface area (Å²) >= 11 is 0. The third-order valence-corrected chi connectivity index (χ3v) is 3.99. The molecule has 1 saturated heterocycles. The van der Waals surface area contributed by atoms with Crippen LogP contribution in [0.5, 0.6) is 0 Å². The summed E-state index contributed by atoms with van der Waals surface area (Å²) in [4.78, 5) is 0. The van der Waals surface area contributed by atoms with Gasteiger partial charge in [-0.1, -0.05) is 43.7 Å². The van der Waals surface area contributed by atoms with Crippen molar-refractivity contribution in [3.05, 3.63) is 35.4 Å². The van der Waals surface area contributed by atoms with Crippen LogP contribution >= 0.6 is 0 Å². The second-order valence-electron chi connectivity index (χ2n) is 5.08. The molecule has 2 heteroatoms. The van der Waals surface area contributed by atoms with E-state index in [0.29, 0.717) is 0 Å². The van der Waals surface area contributed by atoms with Crippen LogP contribution in [0.2, 0.25) is 0 Å². The van der Waals surface area contributed by atoms with Crippen molar-refractivity contribution in [2.75, 3.05) is 13.2 Å². The molecule has 0 radical (unpaired) electrons. The van der Waals surface area contributed by atoms with Crippen LogP contribution in [0.15, 0.2) is 24.3 Å². The highest BCUT2D eigenvalue weighted by Crippen LogP contribution is 2.27. The molecule has 2 nitrogen and oxygen atoms in total. The van der Waals surface area contributed by atoms with Crippen molar-refractivity contribution in [3.8, 4) is 0 Å². The minimum absolute atomic E-state index is 0.195. The van der Waals surface area contributed by atoms with Crippen molar-refractivity contribution in [3.63, 3.8) is 0 Å². The highest BCUT2D eigenvalue weighted by molar-refractivity contribution is 5.25. The molecule has 1 N–H and O–H groups in total. The first-order chi connectivity index (χ1) is 8.19. The Hall–Kier alpha value is -0.860. The first kappa shape index (κ1) is 12.6. The summed E-state index contributed by atoms with van der Waals surface area (Å²) in [5.41, 5.74) is 2.78. The standard InChI is InChI=1S/C15H23NO/c1-4-15(5-2)11-17-14(10-16-15)13-8-6-7-12(3)9-13/h6-9,14,16H,4-5,10-11H2,1-3H3. The van der Waals surface area contributed by atoms with E-state index in [-0.39, 0.29) is 11.6 Å². The lowest BCUT2D eigenvalue weighted by Crippen LogP contribution is -2.54. The molecule has 0 aliphatic carbocycles. The number of hydrogen-bond donors (Lipinski definition) is 1.